The smallest absolute Gasteiger partial charge is 0.136 e. The summed E-state index contributed by atoms with van der Waals surface area (Å²) >= 11 is 0. The van der Waals surface area contributed by atoms with Crippen LogP contribution in [-0.4, -0.2) is 4.57 Å². The Hall–Kier alpha value is -4.30. The molecule has 2 aromatic heterocycles. The topological polar surface area (TPSA) is 18.1 Å². The minimum Gasteiger partial charge on any atom is -0.456 e. The van der Waals surface area contributed by atoms with E-state index in [4.69, 9.17) is 4.42 Å². The van der Waals surface area contributed by atoms with Crippen LogP contribution in [0.3, 0.4) is 0 Å². The van der Waals surface area contributed by atoms with E-state index < -0.39 is 0 Å². The van der Waals surface area contributed by atoms with Crippen molar-refractivity contribution in [1.82, 2.24) is 4.57 Å². The van der Waals surface area contributed by atoms with Crippen molar-refractivity contribution in [2.45, 2.75) is 0 Å². The second kappa shape index (κ2) is 6.60. The van der Waals surface area contributed by atoms with E-state index in [2.05, 4.69) is 102 Å². The summed E-state index contributed by atoms with van der Waals surface area (Å²) in [4.78, 5) is 0. The third-order valence-corrected chi connectivity index (χ3v) is 6.42. The summed E-state index contributed by atoms with van der Waals surface area (Å²) in [7, 11) is 0. The maximum Gasteiger partial charge on any atom is 0.136 e. The van der Waals surface area contributed by atoms with Crippen molar-refractivity contribution in [2.24, 2.45) is 0 Å². The van der Waals surface area contributed by atoms with Gasteiger partial charge in [-0.05, 0) is 47.5 Å². The molecule has 0 aliphatic rings. The van der Waals surface area contributed by atoms with E-state index >= 15 is 0 Å². The molecule has 0 radical (unpaired) electrons. The highest BCUT2D eigenvalue weighted by Gasteiger charge is 2.14. The van der Waals surface area contributed by atoms with Crippen molar-refractivity contribution < 1.29 is 4.42 Å². The van der Waals surface area contributed by atoms with Gasteiger partial charge in [0.25, 0.3) is 0 Å². The largest absolute Gasteiger partial charge is 0.456 e. The Morgan fingerprint density at radius 3 is 1.78 bits per heavy atom. The molecule has 2 heterocycles. The normalized spacial score (nSPS) is 11.8. The van der Waals surface area contributed by atoms with Gasteiger partial charge < -0.3 is 8.98 Å². The van der Waals surface area contributed by atoms with E-state index in [1.54, 1.807) is 0 Å². The number of nitrogens with zero attached hydrogens (tertiary/aromatic N) is 1. The Morgan fingerprint density at radius 2 is 1.06 bits per heavy atom. The quantitative estimate of drug-likeness (QED) is 0.280. The lowest BCUT2D eigenvalue weighted by atomic mass is 9.99. The van der Waals surface area contributed by atoms with Gasteiger partial charge in [0.2, 0.25) is 0 Å². The van der Waals surface area contributed by atoms with Crippen molar-refractivity contribution in [3.8, 4) is 16.8 Å². The zero-order valence-corrected chi connectivity index (χ0v) is 17.3. The molecule has 0 fully saturated rings. The molecule has 150 valence electrons. The van der Waals surface area contributed by atoms with E-state index in [-0.39, 0.29) is 0 Å². The highest BCUT2D eigenvalue weighted by Crippen LogP contribution is 2.37. The first kappa shape index (κ1) is 17.4. The predicted molar refractivity (Wildman–Crippen MR) is 133 cm³/mol. The van der Waals surface area contributed by atoms with Gasteiger partial charge in [0.1, 0.15) is 11.2 Å². The fourth-order valence-corrected chi connectivity index (χ4v) is 5.01. The van der Waals surface area contributed by atoms with Crippen LogP contribution in [0.25, 0.3) is 60.6 Å². The number of benzene rings is 5. The number of aromatic nitrogens is 1. The highest BCUT2D eigenvalue weighted by molar-refractivity contribution is 6.12. The van der Waals surface area contributed by atoms with E-state index in [1.807, 2.05) is 18.2 Å². The van der Waals surface area contributed by atoms with Crippen molar-refractivity contribution in [3.05, 3.63) is 115 Å². The summed E-state index contributed by atoms with van der Waals surface area (Å²) in [5.74, 6) is 0. The maximum atomic E-state index is 6.09. The van der Waals surface area contributed by atoms with Gasteiger partial charge in [-0.1, -0.05) is 78.9 Å². The number of furan rings is 1. The summed E-state index contributed by atoms with van der Waals surface area (Å²) in [6.45, 7) is 0. The Morgan fingerprint density at radius 1 is 0.469 bits per heavy atom. The number of hydrogen-bond acceptors (Lipinski definition) is 1. The Bertz CT molecular complexity index is 1710. The minimum atomic E-state index is 0.926. The van der Waals surface area contributed by atoms with Crippen molar-refractivity contribution >= 4 is 43.7 Å². The molecule has 0 spiro atoms. The van der Waals surface area contributed by atoms with Gasteiger partial charge in [-0.3, -0.25) is 0 Å². The van der Waals surface area contributed by atoms with E-state index in [0.29, 0.717) is 0 Å². The number of hydrogen-bond donors (Lipinski definition) is 0. The van der Waals surface area contributed by atoms with Crippen molar-refractivity contribution in [2.75, 3.05) is 0 Å². The van der Waals surface area contributed by atoms with Gasteiger partial charge in [-0.15, -0.1) is 0 Å². The van der Waals surface area contributed by atoms with Crippen LogP contribution in [0.2, 0.25) is 0 Å². The molecule has 0 N–H and O–H groups in total. The maximum absolute atomic E-state index is 6.09. The number of para-hydroxylation sites is 3. The van der Waals surface area contributed by atoms with Gasteiger partial charge in [0.15, 0.2) is 0 Å². The van der Waals surface area contributed by atoms with Crippen LogP contribution in [0.4, 0.5) is 0 Å². The average molecular weight is 409 g/mol. The summed E-state index contributed by atoms with van der Waals surface area (Å²) in [6, 6.07) is 40.7. The zero-order valence-electron chi connectivity index (χ0n) is 17.3. The van der Waals surface area contributed by atoms with Gasteiger partial charge >= 0.3 is 0 Å². The molecule has 0 unspecified atom stereocenters. The second-order valence-electron chi connectivity index (χ2n) is 8.19. The molecule has 2 heteroatoms. The van der Waals surface area contributed by atoms with E-state index in [1.165, 1.54) is 38.3 Å². The van der Waals surface area contributed by atoms with Crippen LogP contribution in [0.1, 0.15) is 0 Å². The average Bonchev–Trinajstić information content (AvgIpc) is 3.40. The second-order valence-corrected chi connectivity index (χ2v) is 8.19. The van der Waals surface area contributed by atoms with Crippen LogP contribution < -0.4 is 0 Å². The van der Waals surface area contributed by atoms with Crippen molar-refractivity contribution in [1.29, 1.82) is 0 Å². The van der Waals surface area contributed by atoms with Gasteiger partial charge in [0, 0.05) is 27.2 Å². The van der Waals surface area contributed by atoms with Gasteiger partial charge in [0.05, 0.1) is 11.0 Å². The zero-order chi connectivity index (χ0) is 21.1. The molecule has 0 atom stereocenters. The summed E-state index contributed by atoms with van der Waals surface area (Å²) in [5, 5.41) is 4.89. The number of rotatable bonds is 2. The molecule has 7 aromatic rings. The van der Waals surface area contributed by atoms with Crippen LogP contribution in [0.5, 0.6) is 0 Å². The molecule has 0 aliphatic heterocycles. The molecule has 0 aliphatic carbocycles. The standard InChI is InChI=1S/C30H19NO/c1-4-12-26-23(8-1)24-9-2-5-13-27(24)31(26)21-18-16-20(17-19-21)22-11-7-15-29-30(22)25-10-3-6-14-28(25)32-29/h1-19H. The molecular formula is C30H19NO. The predicted octanol–water partition coefficient (Wildman–Crippen LogP) is 8.35. The summed E-state index contributed by atoms with van der Waals surface area (Å²) in [6.07, 6.45) is 0. The molecular weight excluding hydrogens is 390 g/mol. The minimum absolute atomic E-state index is 0.926. The first-order valence-corrected chi connectivity index (χ1v) is 10.9. The highest BCUT2D eigenvalue weighted by atomic mass is 16.3. The third kappa shape index (κ3) is 2.41. The lowest BCUT2D eigenvalue weighted by Crippen LogP contribution is -1.93. The molecule has 0 saturated heterocycles. The van der Waals surface area contributed by atoms with Crippen LogP contribution in [0, 0.1) is 0 Å². The Kier molecular flexibility index (Phi) is 3.58. The molecule has 0 bridgehead atoms. The molecule has 0 amide bonds. The Balaban J connectivity index is 1.44. The van der Waals surface area contributed by atoms with E-state index in [9.17, 15) is 0 Å². The first-order chi connectivity index (χ1) is 15.9. The molecule has 5 aromatic carbocycles. The SMILES string of the molecule is c1ccc2c(c1)oc1cccc(-c3ccc(-n4c5ccccc5c5ccccc54)cc3)c12. The molecule has 0 saturated carbocycles. The monoisotopic (exact) mass is 409 g/mol. The van der Waals surface area contributed by atoms with E-state index in [0.717, 1.165) is 22.2 Å². The fraction of sp³-hybridized carbons (Fsp3) is 0. The molecule has 32 heavy (non-hydrogen) atoms. The molecule has 2 nitrogen and oxygen atoms in total. The van der Waals surface area contributed by atoms with Gasteiger partial charge in [-0.25, -0.2) is 0 Å². The van der Waals surface area contributed by atoms with Crippen molar-refractivity contribution in [3.63, 3.8) is 0 Å². The summed E-state index contributed by atoms with van der Waals surface area (Å²) < 4.78 is 8.44. The number of fused-ring (bicyclic) bond motifs is 6. The van der Waals surface area contributed by atoms with Crippen LogP contribution >= 0.6 is 0 Å². The Labute approximate surface area is 184 Å². The van der Waals surface area contributed by atoms with Gasteiger partial charge in [-0.2, -0.15) is 0 Å². The lowest BCUT2D eigenvalue weighted by molar-refractivity contribution is 0.669. The van der Waals surface area contributed by atoms with Crippen LogP contribution in [0.15, 0.2) is 120 Å². The summed E-state index contributed by atoms with van der Waals surface area (Å²) in [5.41, 5.74) is 7.85. The first-order valence-electron chi connectivity index (χ1n) is 10.9. The fourth-order valence-electron chi connectivity index (χ4n) is 5.01. The lowest BCUT2D eigenvalue weighted by Gasteiger charge is -2.10. The van der Waals surface area contributed by atoms with Crippen LogP contribution in [-0.2, 0) is 0 Å². The third-order valence-electron chi connectivity index (χ3n) is 6.42. The molecule has 7 rings (SSSR count).